The number of benzene rings is 2. The first-order chi connectivity index (χ1) is 16.4. The van der Waals surface area contributed by atoms with E-state index in [9.17, 15) is 9.59 Å². The number of amides is 2. The number of amidine groups is 1. The van der Waals surface area contributed by atoms with Crippen LogP contribution in [0.5, 0.6) is 5.75 Å². The van der Waals surface area contributed by atoms with Gasteiger partial charge in [-0.25, -0.2) is 4.99 Å². The van der Waals surface area contributed by atoms with Gasteiger partial charge in [0.05, 0.1) is 31.6 Å². The van der Waals surface area contributed by atoms with Crippen molar-refractivity contribution in [3.8, 4) is 5.75 Å². The zero-order valence-corrected chi connectivity index (χ0v) is 20.5. The molecule has 2 unspecified atom stereocenters. The van der Waals surface area contributed by atoms with E-state index < -0.39 is 0 Å². The second kappa shape index (κ2) is 10.9. The predicted octanol–water partition coefficient (Wildman–Crippen LogP) is 3.80. The first kappa shape index (κ1) is 24.0. The molecule has 2 aliphatic heterocycles. The first-order valence-electron chi connectivity index (χ1n) is 11.3. The number of methoxy groups -OCH3 is 1. The lowest BCUT2D eigenvalue weighted by atomic mass is 10.1. The molecular weight excluding hydrogens is 450 g/mol. The van der Waals surface area contributed by atoms with Gasteiger partial charge in [-0.15, -0.1) is 0 Å². The molecule has 2 aliphatic rings. The van der Waals surface area contributed by atoms with Crippen LogP contribution in [0, 0.1) is 0 Å². The minimum Gasteiger partial charge on any atom is -0.497 e. The molecule has 0 saturated carbocycles. The Labute approximate surface area is 204 Å². The van der Waals surface area contributed by atoms with Gasteiger partial charge in [-0.3, -0.25) is 14.5 Å². The van der Waals surface area contributed by atoms with Crippen molar-refractivity contribution in [2.75, 3.05) is 26.0 Å². The third-order valence-corrected chi connectivity index (χ3v) is 6.57. The molecule has 7 nitrogen and oxygen atoms in total. The first-order valence-corrected chi connectivity index (χ1v) is 12.3. The molecule has 2 amide bonds. The number of hydrogen-bond donors (Lipinski definition) is 0. The SMILES string of the molecule is COc1ccc(/C=C2\N=C(SCC(=O)N3CC(C)OC(C)C3)N(Cc3ccccc3)C2=O)cc1. The molecule has 34 heavy (non-hydrogen) atoms. The van der Waals surface area contributed by atoms with Crippen LogP contribution in [0.15, 0.2) is 65.3 Å². The highest BCUT2D eigenvalue weighted by Crippen LogP contribution is 2.27. The Balaban J connectivity index is 1.52. The Morgan fingerprint density at radius 3 is 2.44 bits per heavy atom. The van der Waals surface area contributed by atoms with Crippen LogP contribution in [0.1, 0.15) is 25.0 Å². The second-order valence-corrected chi connectivity index (χ2v) is 9.36. The van der Waals surface area contributed by atoms with Gasteiger partial charge in [-0.1, -0.05) is 54.2 Å². The maximum Gasteiger partial charge on any atom is 0.278 e. The lowest BCUT2D eigenvalue weighted by molar-refractivity contribution is -0.140. The van der Waals surface area contributed by atoms with Gasteiger partial charge in [-0.2, -0.15) is 0 Å². The number of aliphatic imine (C=N–C) groups is 1. The molecule has 1 saturated heterocycles. The summed E-state index contributed by atoms with van der Waals surface area (Å²) in [4.78, 5) is 34.3. The molecule has 8 heteroatoms. The van der Waals surface area contributed by atoms with Crippen LogP contribution in [-0.4, -0.2) is 64.9 Å². The lowest BCUT2D eigenvalue weighted by Gasteiger charge is -2.35. The topological polar surface area (TPSA) is 71.4 Å². The number of ether oxygens (including phenoxy) is 2. The normalized spacial score (nSPS) is 21.7. The van der Waals surface area contributed by atoms with Gasteiger partial charge in [0, 0.05) is 13.1 Å². The zero-order valence-electron chi connectivity index (χ0n) is 19.6. The molecule has 178 valence electrons. The van der Waals surface area contributed by atoms with Crippen molar-refractivity contribution < 1.29 is 19.1 Å². The summed E-state index contributed by atoms with van der Waals surface area (Å²) in [6.45, 7) is 5.49. The van der Waals surface area contributed by atoms with Crippen molar-refractivity contribution in [1.82, 2.24) is 9.80 Å². The third kappa shape index (κ3) is 5.87. The molecule has 2 aromatic carbocycles. The molecule has 2 heterocycles. The molecule has 0 bridgehead atoms. The molecular formula is C26H29N3O4S. The fourth-order valence-corrected chi connectivity index (χ4v) is 4.90. The van der Waals surface area contributed by atoms with E-state index in [0.717, 1.165) is 16.9 Å². The minimum absolute atomic E-state index is 0.0108. The summed E-state index contributed by atoms with van der Waals surface area (Å²) < 4.78 is 10.9. The molecule has 0 N–H and O–H groups in total. The average molecular weight is 480 g/mol. The summed E-state index contributed by atoms with van der Waals surface area (Å²) in [5.74, 6) is 0.806. The Morgan fingerprint density at radius 1 is 1.12 bits per heavy atom. The Kier molecular flexibility index (Phi) is 7.70. The van der Waals surface area contributed by atoms with Gasteiger partial charge < -0.3 is 14.4 Å². The lowest BCUT2D eigenvalue weighted by Crippen LogP contribution is -2.49. The highest BCUT2D eigenvalue weighted by molar-refractivity contribution is 8.14. The zero-order chi connectivity index (χ0) is 24.1. The van der Waals surface area contributed by atoms with Gasteiger partial charge >= 0.3 is 0 Å². The number of morpholine rings is 1. The van der Waals surface area contributed by atoms with Crippen LogP contribution in [0.3, 0.4) is 0 Å². The highest BCUT2D eigenvalue weighted by atomic mass is 32.2. The van der Waals surface area contributed by atoms with Crippen molar-refractivity contribution >= 4 is 34.8 Å². The number of thioether (sulfide) groups is 1. The summed E-state index contributed by atoms with van der Waals surface area (Å²) in [5.41, 5.74) is 2.20. The summed E-state index contributed by atoms with van der Waals surface area (Å²) in [5, 5.41) is 0.538. The molecule has 1 fully saturated rings. The maximum absolute atomic E-state index is 13.3. The Bertz CT molecular complexity index is 1070. The molecule has 0 aliphatic carbocycles. The molecule has 2 atom stereocenters. The largest absolute Gasteiger partial charge is 0.497 e. The fraction of sp³-hybridized carbons (Fsp3) is 0.346. The Morgan fingerprint density at radius 2 is 1.79 bits per heavy atom. The van der Waals surface area contributed by atoms with E-state index in [-0.39, 0.29) is 29.8 Å². The highest BCUT2D eigenvalue weighted by Gasteiger charge is 2.32. The number of carbonyl (C=O) groups is 2. The monoisotopic (exact) mass is 479 g/mol. The predicted molar refractivity (Wildman–Crippen MR) is 134 cm³/mol. The van der Waals surface area contributed by atoms with Crippen LogP contribution >= 0.6 is 11.8 Å². The fourth-order valence-electron chi connectivity index (χ4n) is 4.00. The van der Waals surface area contributed by atoms with E-state index in [2.05, 4.69) is 4.99 Å². The van der Waals surface area contributed by atoms with Gasteiger partial charge in [0.15, 0.2) is 5.17 Å². The molecule has 2 aromatic rings. The standard InChI is InChI=1S/C26H29N3O4S/c1-18-14-28(15-19(2)33-18)24(30)17-34-26-27-23(13-20-9-11-22(32-3)12-10-20)25(31)29(26)16-21-7-5-4-6-8-21/h4-13,18-19H,14-17H2,1-3H3/b23-13-. The van der Waals surface area contributed by atoms with E-state index in [0.29, 0.717) is 30.5 Å². The van der Waals surface area contributed by atoms with E-state index in [1.54, 1.807) is 18.1 Å². The van der Waals surface area contributed by atoms with E-state index in [4.69, 9.17) is 9.47 Å². The Hall–Kier alpha value is -3.10. The summed E-state index contributed by atoms with van der Waals surface area (Å²) in [6.07, 6.45) is 1.79. The quantitative estimate of drug-likeness (QED) is 0.590. The summed E-state index contributed by atoms with van der Waals surface area (Å²) >= 11 is 1.30. The van der Waals surface area contributed by atoms with E-state index in [1.165, 1.54) is 11.8 Å². The van der Waals surface area contributed by atoms with Crippen LogP contribution < -0.4 is 4.74 Å². The average Bonchev–Trinajstić information content (AvgIpc) is 3.12. The second-order valence-electron chi connectivity index (χ2n) is 8.42. The number of hydrogen-bond acceptors (Lipinski definition) is 6. The number of rotatable bonds is 6. The van der Waals surface area contributed by atoms with Crippen LogP contribution in [0.25, 0.3) is 6.08 Å². The maximum atomic E-state index is 13.3. The van der Waals surface area contributed by atoms with E-state index in [1.807, 2.05) is 73.3 Å². The van der Waals surface area contributed by atoms with Gasteiger partial charge in [0.2, 0.25) is 5.91 Å². The van der Waals surface area contributed by atoms with Crippen molar-refractivity contribution in [3.63, 3.8) is 0 Å². The minimum atomic E-state index is -0.178. The summed E-state index contributed by atoms with van der Waals surface area (Å²) in [6, 6.07) is 17.2. The van der Waals surface area contributed by atoms with Crippen molar-refractivity contribution in [2.45, 2.75) is 32.6 Å². The van der Waals surface area contributed by atoms with Gasteiger partial charge in [-0.05, 0) is 43.2 Å². The summed E-state index contributed by atoms with van der Waals surface area (Å²) in [7, 11) is 1.61. The van der Waals surface area contributed by atoms with Gasteiger partial charge in [0.25, 0.3) is 5.91 Å². The smallest absolute Gasteiger partial charge is 0.278 e. The van der Waals surface area contributed by atoms with Crippen molar-refractivity contribution in [3.05, 3.63) is 71.4 Å². The molecule has 0 spiro atoms. The van der Waals surface area contributed by atoms with Crippen molar-refractivity contribution in [2.24, 2.45) is 4.99 Å². The van der Waals surface area contributed by atoms with Crippen LogP contribution in [-0.2, 0) is 20.9 Å². The van der Waals surface area contributed by atoms with E-state index >= 15 is 0 Å². The molecule has 0 aromatic heterocycles. The van der Waals surface area contributed by atoms with Gasteiger partial charge in [0.1, 0.15) is 11.4 Å². The van der Waals surface area contributed by atoms with Crippen molar-refractivity contribution in [1.29, 1.82) is 0 Å². The third-order valence-electron chi connectivity index (χ3n) is 5.61. The number of nitrogens with zero attached hydrogens (tertiary/aromatic N) is 3. The van der Waals surface area contributed by atoms with Crippen LogP contribution in [0.4, 0.5) is 0 Å². The molecule has 0 radical (unpaired) electrons. The number of carbonyl (C=O) groups excluding carboxylic acids is 2. The molecule has 4 rings (SSSR count). The van der Waals surface area contributed by atoms with Crippen LogP contribution in [0.2, 0.25) is 0 Å².